The van der Waals surface area contributed by atoms with Gasteiger partial charge in [0.25, 0.3) is 5.91 Å². The SMILES string of the molecule is COc1ccc2cn(C[C@@]3(c4cnccn4)NC(=O)NC3=O)c(O)c2c1. The van der Waals surface area contributed by atoms with Crippen LogP contribution in [0.5, 0.6) is 11.6 Å². The van der Waals surface area contributed by atoms with Crippen molar-refractivity contribution in [2.45, 2.75) is 12.1 Å². The van der Waals surface area contributed by atoms with E-state index in [4.69, 9.17) is 4.74 Å². The van der Waals surface area contributed by atoms with E-state index in [9.17, 15) is 14.7 Å². The first-order chi connectivity index (χ1) is 12.5. The highest BCUT2D eigenvalue weighted by Gasteiger charge is 2.49. The Kier molecular flexibility index (Phi) is 3.50. The van der Waals surface area contributed by atoms with Gasteiger partial charge in [-0.3, -0.25) is 20.1 Å². The van der Waals surface area contributed by atoms with Crippen molar-refractivity contribution in [2.24, 2.45) is 0 Å². The van der Waals surface area contributed by atoms with Crippen molar-refractivity contribution in [3.8, 4) is 11.6 Å². The second-order valence-electron chi connectivity index (χ2n) is 5.94. The summed E-state index contributed by atoms with van der Waals surface area (Å²) in [5.74, 6) is -0.00467. The molecule has 3 heterocycles. The van der Waals surface area contributed by atoms with Gasteiger partial charge in [-0.15, -0.1) is 0 Å². The van der Waals surface area contributed by atoms with Crippen LogP contribution in [0.1, 0.15) is 5.69 Å². The minimum Gasteiger partial charge on any atom is -0.497 e. The summed E-state index contributed by atoms with van der Waals surface area (Å²) in [4.78, 5) is 32.5. The zero-order valence-electron chi connectivity index (χ0n) is 13.8. The standard InChI is InChI=1S/C17H15N5O4/c1-26-11-3-2-10-8-22(14(23)12(10)6-11)9-17(13-7-18-4-5-19-13)15(24)20-16(25)21-17/h2-8,23H,9H2,1H3,(H2,20,21,24,25)/t17-/m0/s1. The van der Waals surface area contributed by atoms with Crippen molar-refractivity contribution in [1.82, 2.24) is 25.2 Å². The lowest BCUT2D eigenvalue weighted by Gasteiger charge is -2.25. The molecule has 0 saturated carbocycles. The number of hydrogen-bond donors (Lipinski definition) is 3. The molecule has 26 heavy (non-hydrogen) atoms. The molecular formula is C17H15N5O4. The Morgan fingerprint density at radius 3 is 2.81 bits per heavy atom. The number of carbonyl (C=O) groups is 2. The molecule has 3 N–H and O–H groups in total. The molecule has 1 saturated heterocycles. The Bertz CT molecular complexity index is 1020. The zero-order chi connectivity index (χ0) is 18.3. The number of nitrogens with zero attached hydrogens (tertiary/aromatic N) is 3. The van der Waals surface area contributed by atoms with Gasteiger partial charge in [-0.25, -0.2) is 4.79 Å². The van der Waals surface area contributed by atoms with Crippen molar-refractivity contribution < 1.29 is 19.4 Å². The van der Waals surface area contributed by atoms with E-state index in [1.54, 1.807) is 24.4 Å². The van der Waals surface area contributed by atoms with E-state index < -0.39 is 17.5 Å². The number of nitrogens with one attached hydrogen (secondary N) is 2. The highest BCUT2D eigenvalue weighted by atomic mass is 16.5. The number of rotatable bonds is 4. The maximum atomic E-state index is 12.6. The summed E-state index contributed by atoms with van der Waals surface area (Å²) in [5.41, 5.74) is -1.19. The first-order valence-electron chi connectivity index (χ1n) is 7.79. The molecule has 1 aliphatic heterocycles. The van der Waals surface area contributed by atoms with E-state index in [-0.39, 0.29) is 18.1 Å². The molecule has 3 aromatic rings. The van der Waals surface area contributed by atoms with Crippen LogP contribution in [0, 0.1) is 0 Å². The molecular weight excluding hydrogens is 338 g/mol. The zero-order valence-corrected chi connectivity index (χ0v) is 13.8. The number of fused-ring (bicyclic) bond motifs is 1. The number of aromatic hydroxyl groups is 1. The van der Waals surface area contributed by atoms with Crippen LogP contribution in [-0.4, -0.2) is 38.7 Å². The molecule has 1 aliphatic rings. The molecule has 0 spiro atoms. The third-order valence-electron chi connectivity index (χ3n) is 4.42. The second-order valence-corrected chi connectivity index (χ2v) is 5.94. The molecule has 132 valence electrons. The first kappa shape index (κ1) is 15.9. The first-order valence-corrected chi connectivity index (χ1v) is 7.79. The van der Waals surface area contributed by atoms with Crippen LogP contribution in [0.25, 0.3) is 10.8 Å². The molecule has 2 aromatic heterocycles. The smallest absolute Gasteiger partial charge is 0.322 e. The molecule has 9 nitrogen and oxygen atoms in total. The molecule has 1 aromatic carbocycles. The van der Waals surface area contributed by atoms with Crippen molar-refractivity contribution in [3.63, 3.8) is 0 Å². The summed E-state index contributed by atoms with van der Waals surface area (Å²) in [6, 6.07) is 4.64. The highest BCUT2D eigenvalue weighted by molar-refractivity contribution is 6.07. The summed E-state index contributed by atoms with van der Waals surface area (Å²) in [5, 5.41) is 16.8. The summed E-state index contributed by atoms with van der Waals surface area (Å²) in [6.45, 7) is -0.0495. The summed E-state index contributed by atoms with van der Waals surface area (Å²) >= 11 is 0. The lowest BCUT2D eigenvalue weighted by molar-refractivity contribution is -0.125. The van der Waals surface area contributed by atoms with Gasteiger partial charge in [0.15, 0.2) is 11.4 Å². The van der Waals surface area contributed by atoms with Gasteiger partial charge < -0.3 is 19.7 Å². The lowest BCUT2D eigenvalue weighted by atomic mass is 9.95. The van der Waals surface area contributed by atoms with Crippen molar-refractivity contribution in [2.75, 3.05) is 7.11 Å². The normalized spacial score (nSPS) is 19.4. The average Bonchev–Trinajstić information content (AvgIpc) is 3.12. The Balaban J connectivity index is 1.82. The van der Waals surface area contributed by atoms with E-state index in [1.807, 2.05) is 0 Å². The van der Waals surface area contributed by atoms with E-state index in [0.717, 1.165) is 5.39 Å². The summed E-state index contributed by atoms with van der Waals surface area (Å²) in [7, 11) is 1.54. The second kappa shape index (κ2) is 5.73. The number of amides is 3. The number of hydrogen-bond acceptors (Lipinski definition) is 6. The van der Waals surface area contributed by atoms with Gasteiger partial charge in [0.05, 0.1) is 25.5 Å². The highest BCUT2D eigenvalue weighted by Crippen LogP contribution is 2.34. The Morgan fingerprint density at radius 1 is 1.31 bits per heavy atom. The van der Waals surface area contributed by atoms with Crippen LogP contribution < -0.4 is 15.4 Å². The van der Waals surface area contributed by atoms with Gasteiger partial charge in [0.2, 0.25) is 0 Å². The topological polar surface area (TPSA) is 118 Å². The fourth-order valence-electron chi connectivity index (χ4n) is 3.11. The van der Waals surface area contributed by atoms with E-state index in [1.165, 1.54) is 30.3 Å². The fraction of sp³-hybridized carbons (Fsp3) is 0.176. The maximum absolute atomic E-state index is 12.6. The van der Waals surface area contributed by atoms with Crippen LogP contribution in [-0.2, 0) is 16.9 Å². The van der Waals surface area contributed by atoms with E-state index in [0.29, 0.717) is 11.1 Å². The number of carbonyl (C=O) groups excluding carboxylic acids is 2. The van der Waals surface area contributed by atoms with Gasteiger partial charge in [-0.1, -0.05) is 0 Å². The minimum absolute atomic E-state index is 0.0453. The molecule has 3 amide bonds. The minimum atomic E-state index is -1.47. The number of ether oxygens (including phenoxy) is 1. The molecule has 0 radical (unpaired) electrons. The average molecular weight is 353 g/mol. The van der Waals surface area contributed by atoms with Gasteiger partial charge in [0.1, 0.15) is 5.75 Å². The summed E-state index contributed by atoms with van der Waals surface area (Å²) in [6.07, 6.45) is 6.01. The summed E-state index contributed by atoms with van der Waals surface area (Å²) < 4.78 is 6.67. The monoisotopic (exact) mass is 353 g/mol. The molecule has 0 bridgehead atoms. The molecule has 0 aliphatic carbocycles. The fourth-order valence-corrected chi connectivity index (χ4v) is 3.11. The maximum Gasteiger partial charge on any atom is 0.322 e. The molecule has 4 rings (SSSR count). The molecule has 1 fully saturated rings. The number of benzene rings is 1. The van der Waals surface area contributed by atoms with Crippen molar-refractivity contribution >= 4 is 22.7 Å². The molecule has 9 heteroatoms. The number of imide groups is 1. The number of aromatic nitrogens is 3. The van der Waals surface area contributed by atoms with E-state index in [2.05, 4.69) is 20.6 Å². The van der Waals surface area contributed by atoms with Gasteiger partial charge in [-0.05, 0) is 18.2 Å². The number of methoxy groups -OCH3 is 1. The Morgan fingerprint density at radius 2 is 2.15 bits per heavy atom. The van der Waals surface area contributed by atoms with Crippen LogP contribution in [0.4, 0.5) is 4.79 Å². The van der Waals surface area contributed by atoms with Crippen LogP contribution in [0.3, 0.4) is 0 Å². The Hall–Kier alpha value is -3.62. The van der Waals surface area contributed by atoms with Gasteiger partial charge in [0, 0.05) is 29.4 Å². The van der Waals surface area contributed by atoms with Crippen LogP contribution in [0.2, 0.25) is 0 Å². The van der Waals surface area contributed by atoms with Gasteiger partial charge in [-0.2, -0.15) is 0 Å². The molecule has 0 unspecified atom stereocenters. The quantitative estimate of drug-likeness (QED) is 0.599. The molecule has 1 atom stereocenters. The van der Waals surface area contributed by atoms with Crippen molar-refractivity contribution in [1.29, 1.82) is 0 Å². The number of urea groups is 1. The lowest BCUT2D eigenvalue weighted by Crippen LogP contribution is -2.48. The van der Waals surface area contributed by atoms with Gasteiger partial charge >= 0.3 is 6.03 Å². The van der Waals surface area contributed by atoms with Crippen LogP contribution >= 0.6 is 0 Å². The predicted octanol–water partition coefficient (Wildman–Crippen LogP) is 0.880. The van der Waals surface area contributed by atoms with Crippen LogP contribution in [0.15, 0.2) is 43.0 Å². The van der Waals surface area contributed by atoms with Crippen molar-refractivity contribution in [3.05, 3.63) is 48.7 Å². The third kappa shape index (κ3) is 2.32. The Labute approximate surface area is 147 Å². The van der Waals surface area contributed by atoms with E-state index >= 15 is 0 Å². The third-order valence-corrected chi connectivity index (χ3v) is 4.42. The largest absolute Gasteiger partial charge is 0.497 e. The predicted molar refractivity (Wildman–Crippen MR) is 90.5 cm³/mol.